The zero-order valence-electron chi connectivity index (χ0n) is 14.0. The molecule has 26 heavy (non-hydrogen) atoms. The highest BCUT2D eigenvalue weighted by Gasteiger charge is 2.06. The van der Waals surface area contributed by atoms with Crippen LogP contribution < -0.4 is 22.5 Å². The molecule has 2 aromatic carbocycles. The molecule has 6 heteroatoms. The molecule has 0 atom stereocenters. The van der Waals surface area contributed by atoms with Crippen LogP contribution in [-0.4, -0.2) is 4.98 Å². The van der Waals surface area contributed by atoms with Gasteiger partial charge in [0.05, 0.1) is 0 Å². The van der Waals surface area contributed by atoms with Gasteiger partial charge in [0.1, 0.15) is 12.4 Å². The summed E-state index contributed by atoms with van der Waals surface area (Å²) in [5.41, 5.74) is 3.27. The summed E-state index contributed by atoms with van der Waals surface area (Å²) in [7, 11) is 0. The van der Waals surface area contributed by atoms with E-state index in [4.69, 9.17) is 27.9 Å². The molecule has 0 amide bonds. The SMILES string of the molecule is Clc1ccc(COc2ccc(Cl)cc2CNCc2ccncc2)cc1.[Cl-]. The minimum absolute atomic E-state index is 0. The van der Waals surface area contributed by atoms with Crippen LogP contribution in [0.15, 0.2) is 67.0 Å². The molecular formula is C20H18Cl3N2O-. The van der Waals surface area contributed by atoms with Gasteiger partial charge in [0.25, 0.3) is 0 Å². The Labute approximate surface area is 169 Å². The van der Waals surface area contributed by atoms with Gasteiger partial charge < -0.3 is 22.5 Å². The molecule has 0 spiro atoms. The molecule has 3 rings (SSSR count). The number of hydrogen-bond donors (Lipinski definition) is 1. The first-order valence-corrected chi connectivity index (χ1v) is 8.71. The lowest BCUT2D eigenvalue weighted by molar-refractivity contribution is -0.00000525. The lowest BCUT2D eigenvalue weighted by atomic mass is 10.2. The lowest BCUT2D eigenvalue weighted by Crippen LogP contribution is -3.00. The van der Waals surface area contributed by atoms with Crippen molar-refractivity contribution in [3.63, 3.8) is 0 Å². The fourth-order valence-electron chi connectivity index (χ4n) is 2.41. The van der Waals surface area contributed by atoms with Crippen LogP contribution >= 0.6 is 23.2 Å². The molecule has 3 aromatic rings. The van der Waals surface area contributed by atoms with Crippen LogP contribution in [0.3, 0.4) is 0 Å². The second-order valence-electron chi connectivity index (χ2n) is 5.63. The predicted molar refractivity (Wildman–Crippen MR) is 102 cm³/mol. The standard InChI is InChI=1S/C20H18Cl2N2O.ClH/c21-18-3-1-16(2-4-18)14-25-20-6-5-19(22)11-17(20)13-24-12-15-7-9-23-10-8-15;/h1-11,24H,12-14H2;1H/p-1. The van der Waals surface area contributed by atoms with Gasteiger partial charge in [-0.15, -0.1) is 0 Å². The minimum Gasteiger partial charge on any atom is -1.00 e. The number of nitrogens with zero attached hydrogens (tertiary/aromatic N) is 1. The summed E-state index contributed by atoms with van der Waals surface area (Å²) < 4.78 is 5.97. The van der Waals surface area contributed by atoms with Crippen molar-refractivity contribution in [2.45, 2.75) is 19.7 Å². The van der Waals surface area contributed by atoms with Crippen molar-refractivity contribution in [1.82, 2.24) is 10.3 Å². The normalized spacial score (nSPS) is 10.2. The summed E-state index contributed by atoms with van der Waals surface area (Å²) in [5.74, 6) is 0.821. The topological polar surface area (TPSA) is 34.1 Å². The Kier molecular flexibility index (Phi) is 8.20. The van der Waals surface area contributed by atoms with E-state index in [9.17, 15) is 0 Å². The first-order valence-electron chi connectivity index (χ1n) is 7.96. The Morgan fingerprint density at radius 1 is 0.808 bits per heavy atom. The van der Waals surface area contributed by atoms with Gasteiger partial charge in [-0.2, -0.15) is 0 Å². The Morgan fingerprint density at radius 3 is 2.23 bits per heavy atom. The predicted octanol–water partition coefficient (Wildman–Crippen LogP) is 2.26. The molecule has 1 aromatic heterocycles. The molecule has 0 aliphatic heterocycles. The second-order valence-corrected chi connectivity index (χ2v) is 6.50. The van der Waals surface area contributed by atoms with Gasteiger partial charge in [-0.1, -0.05) is 35.3 Å². The summed E-state index contributed by atoms with van der Waals surface area (Å²) in [6.07, 6.45) is 3.58. The fourth-order valence-corrected chi connectivity index (χ4v) is 2.73. The van der Waals surface area contributed by atoms with E-state index in [1.807, 2.05) is 54.6 Å². The van der Waals surface area contributed by atoms with Crippen LogP contribution in [0.1, 0.15) is 16.7 Å². The van der Waals surface area contributed by atoms with Crippen LogP contribution in [-0.2, 0) is 19.7 Å². The number of halogens is 3. The summed E-state index contributed by atoms with van der Waals surface area (Å²) >= 11 is 12.1. The number of pyridine rings is 1. The van der Waals surface area contributed by atoms with E-state index in [1.54, 1.807) is 12.4 Å². The van der Waals surface area contributed by atoms with Crippen LogP contribution in [0.4, 0.5) is 0 Å². The minimum atomic E-state index is 0. The number of rotatable bonds is 7. The molecule has 136 valence electrons. The van der Waals surface area contributed by atoms with Gasteiger partial charge >= 0.3 is 0 Å². The maximum Gasteiger partial charge on any atom is 0.124 e. The van der Waals surface area contributed by atoms with Gasteiger partial charge in [-0.3, -0.25) is 4.98 Å². The van der Waals surface area contributed by atoms with E-state index in [0.717, 1.165) is 28.4 Å². The fraction of sp³-hybridized carbons (Fsp3) is 0.150. The molecule has 0 aliphatic carbocycles. The van der Waals surface area contributed by atoms with Crippen molar-refractivity contribution in [1.29, 1.82) is 0 Å². The van der Waals surface area contributed by atoms with E-state index in [2.05, 4.69) is 10.3 Å². The van der Waals surface area contributed by atoms with Crippen molar-refractivity contribution < 1.29 is 17.1 Å². The number of nitrogens with one attached hydrogen (secondary N) is 1. The number of aromatic nitrogens is 1. The Balaban J connectivity index is 0.00000243. The summed E-state index contributed by atoms with van der Waals surface area (Å²) in [4.78, 5) is 4.02. The molecular weight excluding hydrogens is 391 g/mol. The maximum atomic E-state index is 6.14. The average molecular weight is 409 g/mol. The van der Waals surface area contributed by atoms with Gasteiger partial charge in [-0.25, -0.2) is 0 Å². The number of hydrogen-bond acceptors (Lipinski definition) is 3. The van der Waals surface area contributed by atoms with Crippen LogP contribution in [0.25, 0.3) is 0 Å². The lowest BCUT2D eigenvalue weighted by Gasteiger charge is -2.13. The number of benzene rings is 2. The largest absolute Gasteiger partial charge is 1.00 e. The van der Waals surface area contributed by atoms with Crippen molar-refractivity contribution in [3.05, 3.63) is 93.7 Å². The molecule has 0 bridgehead atoms. The molecule has 0 fully saturated rings. The van der Waals surface area contributed by atoms with Gasteiger partial charge in [0.15, 0.2) is 0 Å². The highest BCUT2D eigenvalue weighted by Crippen LogP contribution is 2.24. The molecule has 0 radical (unpaired) electrons. The van der Waals surface area contributed by atoms with Crippen molar-refractivity contribution in [3.8, 4) is 5.75 Å². The molecule has 0 saturated carbocycles. The van der Waals surface area contributed by atoms with E-state index in [-0.39, 0.29) is 12.4 Å². The molecule has 1 N–H and O–H groups in total. The average Bonchev–Trinajstić information content (AvgIpc) is 2.63. The molecule has 0 saturated heterocycles. The van der Waals surface area contributed by atoms with Gasteiger partial charge in [0.2, 0.25) is 0 Å². The van der Waals surface area contributed by atoms with E-state index < -0.39 is 0 Å². The van der Waals surface area contributed by atoms with Crippen LogP contribution in [0, 0.1) is 0 Å². The van der Waals surface area contributed by atoms with Crippen molar-refractivity contribution in [2.75, 3.05) is 0 Å². The number of ether oxygens (including phenoxy) is 1. The van der Waals surface area contributed by atoms with E-state index in [1.165, 1.54) is 5.56 Å². The monoisotopic (exact) mass is 407 g/mol. The molecule has 0 unspecified atom stereocenters. The quantitative estimate of drug-likeness (QED) is 0.651. The Morgan fingerprint density at radius 2 is 1.50 bits per heavy atom. The smallest absolute Gasteiger partial charge is 0.124 e. The van der Waals surface area contributed by atoms with E-state index in [0.29, 0.717) is 18.2 Å². The van der Waals surface area contributed by atoms with E-state index >= 15 is 0 Å². The zero-order valence-corrected chi connectivity index (χ0v) is 16.2. The summed E-state index contributed by atoms with van der Waals surface area (Å²) in [6, 6.07) is 17.3. The second kappa shape index (κ2) is 10.4. The first-order chi connectivity index (χ1) is 12.2. The molecule has 3 nitrogen and oxygen atoms in total. The molecule has 1 heterocycles. The maximum absolute atomic E-state index is 6.14. The highest BCUT2D eigenvalue weighted by atomic mass is 35.5. The summed E-state index contributed by atoms with van der Waals surface area (Å²) in [5, 5.41) is 4.82. The third-order valence-corrected chi connectivity index (χ3v) is 4.21. The third-order valence-electron chi connectivity index (χ3n) is 3.72. The van der Waals surface area contributed by atoms with Gasteiger partial charge in [0, 0.05) is 41.1 Å². The van der Waals surface area contributed by atoms with Gasteiger partial charge in [-0.05, 0) is 53.6 Å². The Bertz CT molecular complexity index is 811. The third kappa shape index (κ3) is 6.19. The highest BCUT2D eigenvalue weighted by molar-refractivity contribution is 6.30. The van der Waals surface area contributed by atoms with Crippen LogP contribution in [0.2, 0.25) is 10.0 Å². The molecule has 0 aliphatic rings. The first kappa shape index (κ1) is 20.5. The van der Waals surface area contributed by atoms with Crippen molar-refractivity contribution >= 4 is 23.2 Å². The Hall–Kier alpha value is -1.78. The van der Waals surface area contributed by atoms with Crippen LogP contribution in [0.5, 0.6) is 5.75 Å². The van der Waals surface area contributed by atoms with Crippen molar-refractivity contribution in [2.24, 2.45) is 0 Å². The zero-order chi connectivity index (χ0) is 17.5. The summed E-state index contributed by atoms with van der Waals surface area (Å²) in [6.45, 7) is 1.90.